The van der Waals surface area contributed by atoms with E-state index < -0.39 is 0 Å². The van der Waals surface area contributed by atoms with Crippen molar-refractivity contribution < 1.29 is 0 Å². The van der Waals surface area contributed by atoms with Gasteiger partial charge in [-0.3, -0.25) is 0 Å². The highest BCUT2D eigenvalue weighted by molar-refractivity contribution is 5.75. The summed E-state index contributed by atoms with van der Waals surface area (Å²) in [5.41, 5.74) is 8.67. The smallest absolute Gasteiger partial charge is 0.103 e. The van der Waals surface area contributed by atoms with Crippen molar-refractivity contribution in [2.45, 2.75) is 19.0 Å². The number of nitrogens with one attached hydrogen (secondary N) is 1. The van der Waals surface area contributed by atoms with E-state index in [4.69, 9.17) is 5.73 Å². The number of nitrogens with two attached hydrogens (primary N) is 1. The van der Waals surface area contributed by atoms with Crippen LogP contribution >= 0.6 is 0 Å². The summed E-state index contributed by atoms with van der Waals surface area (Å²) in [5, 5.41) is 3.68. The molecule has 2 atom stereocenters. The van der Waals surface area contributed by atoms with Crippen LogP contribution in [0.1, 0.15) is 12.8 Å². The fourth-order valence-electron chi connectivity index (χ4n) is 3.74. The van der Waals surface area contributed by atoms with Gasteiger partial charge in [0.25, 0.3) is 0 Å². The Morgan fingerprint density at radius 3 is 2.60 bits per heavy atom. The van der Waals surface area contributed by atoms with Crippen LogP contribution in [0.5, 0.6) is 0 Å². The Morgan fingerprint density at radius 2 is 1.95 bits per heavy atom. The maximum atomic E-state index is 6.13. The number of rotatable bonds is 3. The SMILES string of the molecule is CN1CCC(C(CN)C2Nc3ccccc3N2C)CC1. The second-order valence-electron chi connectivity index (χ2n) is 6.26. The summed E-state index contributed by atoms with van der Waals surface area (Å²) >= 11 is 0. The van der Waals surface area contributed by atoms with Gasteiger partial charge < -0.3 is 20.9 Å². The molecule has 0 spiro atoms. The van der Waals surface area contributed by atoms with E-state index in [9.17, 15) is 0 Å². The highest BCUT2D eigenvalue weighted by Crippen LogP contribution is 2.38. The molecule has 1 aromatic carbocycles. The van der Waals surface area contributed by atoms with Crippen molar-refractivity contribution in [3.8, 4) is 0 Å². The number of nitrogens with zero attached hydrogens (tertiary/aromatic N) is 2. The Balaban J connectivity index is 1.75. The molecular weight excluding hydrogens is 248 g/mol. The van der Waals surface area contributed by atoms with Crippen LogP contribution in [-0.4, -0.2) is 44.8 Å². The van der Waals surface area contributed by atoms with Crippen molar-refractivity contribution in [3.63, 3.8) is 0 Å². The molecule has 0 saturated carbocycles. The Morgan fingerprint density at radius 1 is 1.25 bits per heavy atom. The van der Waals surface area contributed by atoms with Gasteiger partial charge in [-0.25, -0.2) is 0 Å². The fraction of sp³-hybridized carbons (Fsp3) is 0.625. The van der Waals surface area contributed by atoms with E-state index in [0.717, 1.165) is 12.5 Å². The molecule has 2 unspecified atom stereocenters. The molecule has 3 rings (SSSR count). The summed E-state index contributed by atoms with van der Waals surface area (Å²) in [6, 6.07) is 8.54. The normalized spacial score (nSPS) is 25.4. The summed E-state index contributed by atoms with van der Waals surface area (Å²) in [7, 11) is 4.39. The third-order valence-electron chi connectivity index (χ3n) is 5.05. The Hall–Kier alpha value is -1.26. The van der Waals surface area contributed by atoms with Crippen molar-refractivity contribution in [1.82, 2.24) is 4.90 Å². The van der Waals surface area contributed by atoms with E-state index >= 15 is 0 Å². The van der Waals surface area contributed by atoms with Gasteiger partial charge in [0.2, 0.25) is 0 Å². The predicted molar refractivity (Wildman–Crippen MR) is 85.0 cm³/mol. The molecule has 0 bridgehead atoms. The summed E-state index contributed by atoms with van der Waals surface area (Å²) in [4.78, 5) is 4.79. The summed E-state index contributed by atoms with van der Waals surface area (Å²) in [6.07, 6.45) is 2.87. The molecule has 110 valence electrons. The number of benzene rings is 1. The van der Waals surface area contributed by atoms with Gasteiger partial charge in [0.15, 0.2) is 0 Å². The van der Waals surface area contributed by atoms with Gasteiger partial charge in [-0.05, 0) is 57.6 Å². The highest BCUT2D eigenvalue weighted by Gasteiger charge is 2.36. The van der Waals surface area contributed by atoms with E-state index in [2.05, 4.69) is 53.5 Å². The zero-order chi connectivity index (χ0) is 14.1. The largest absolute Gasteiger partial charge is 0.363 e. The lowest BCUT2D eigenvalue weighted by Crippen LogP contribution is -2.48. The first kappa shape index (κ1) is 13.7. The average Bonchev–Trinajstić information content (AvgIpc) is 2.80. The monoisotopic (exact) mass is 274 g/mol. The van der Waals surface area contributed by atoms with E-state index in [-0.39, 0.29) is 0 Å². The first-order chi connectivity index (χ1) is 9.70. The topological polar surface area (TPSA) is 44.5 Å². The average molecular weight is 274 g/mol. The van der Waals surface area contributed by atoms with Gasteiger partial charge in [0.1, 0.15) is 6.17 Å². The Kier molecular flexibility index (Phi) is 3.85. The summed E-state index contributed by atoms with van der Waals surface area (Å²) in [5.74, 6) is 1.24. The number of para-hydroxylation sites is 2. The molecule has 1 fully saturated rings. The Labute approximate surface area is 121 Å². The molecule has 2 aliphatic heterocycles. The van der Waals surface area contributed by atoms with Crippen molar-refractivity contribution in [2.75, 3.05) is 43.9 Å². The number of likely N-dealkylation sites (tertiary alicyclic amines) is 1. The second-order valence-corrected chi connectivity index (χ2v) is 6.26. The van der Waals surface area contributed by atoms with Gasteiger partial charge in [0, 0.05) is 13.0 Å². The van der Waals surface area contributed by atoms with Crippen molar-refractivity contribution in [2.24, 2.45) is 17.6 Å². The molecule has 1 aromatic rings. The molecule has 2 aliphatic rings. The number of anilines is 2. The molecule has 0 radical (unpaired) electrons. The fourth-order valence-corrected chi connectivity index (χ4v) is 3.74. The van der Waals surface area contributed by atoms with Crippen LogP contribution in [0.2, 0.25) is 0 Å². The molecule has 4 nitrogen and oxygen atoms in total. The standard InChI is InChI=1S/C16H26N4/c1-19-9-7-12(8-10-19)13(11-17)16-18-14-5-3-4-6-15(14)20(16)2/h3-6,12-13,16,18H,7-11,17H2,1-2H3. The van der Waals surface area contributed by atoms with Gasteiger partial charge >= 0.3 is 0 Å². The molecule has 2 heterocycles. The minimum atomic E-state index is 0.339. The van der Waals surface area contributed by atoms with Gasteiger partial charge in [-0.2, -0.15) is 0 Å². The van der Waals surface area contributed by atoms with Crippen LogP contribution in [0.15, 0.2) is 24.3 Å². The lowest BCUT2D eigenvalue weighted by atomic mass is 9.82. The predicted octanol–water partition coefficient (Wildman–Crippen LogP) is 1.79. The van der Waals surface area contributed by atoms with Crippen LogP contribution in [0.25, 0.3) is 0 Å². The minimum Gasteiger partial charge on any atom is -0.363 e. The van der Waals surface area contributed by atoms with Gasteiger partial charge in [-0.1, -0.05) is 12.1 Å². The highest BCUT2D eigenvalue weighted by atomic mass is 15.3. The first-order valence-corrected chi connectivity index (χ1v) is 7.67. The zero-order valence-corrected chi connectivity index (χ0v) is 12.5. The maximum Gasteiger partial charge on any atom is 0.103 e. The molecule has 0 amide bonds. The van der Waals surface area contributed by atoms with Gasteiger partial charge in [-0.15, -0.1) is 0 Å². The lowest BCUT2D eigenvalue weighted by Gasteiger charge is -2.39. The van der Waals surface area contributed by atoms with Gasteiger partial charge in [0.05, 0.1) is 11.4 Å². The van der Waals surface area contributed by atoms with Crippen LogP contribution in [0.3, 0.4) is 0 Å². The number of hydrogen-bond donors (Lipinski definition) is 2. The molecular formula is C16H26N4. The maximum absolute atomic E-state index is 6.13. The van der Waals surface area contributed by atoms with Crippen molar-refractivity contribution in [1.29, 1.82) is 0 Å². The third-order valence-corrected chi connectivity index (χ3v) is 5.05. The molecule has 0 aliphatic carbocycles. The summed E-state index contributed by atoms with van der Waals surface area (Å²) in [6.45, 7) is 3.15. The molecule has 3 N–H and O–H groups in total. The molecule has 1 saturated heterocycles. The number of piperidine rings is 1. The van der Waals surface area contributed by atoms with Crippen LogP contribution in [0, 0.1) is 11.8 Å². The van der Waals surface area contributed by atoms with E-state index in [1.807, 2.05) is 0 Å². The molecule has 0 aromatic heterocycles. The quantitative estimate of drug-likeness (QED) is 0.882. The van der Waals surface area contributed by atoms with Crippen LogP contribution < -0.4 is 16.0 Å². The number of fused-ring (bicyclic) bond motifs is 1. The molecule has 20 heavy (non-hydrogen) atoms. The summed E-state index contributed by atoms with van der Waals surface area (Å²) < 4.78 is 0. The van der Waals surface area contributed by atoms with Crippen LogP contribution in [0.4, 0.5) is 11.4 Å². The molecule has 4 heteroatoms. The first-order valence-electron chi connectivity index (χ1n) is 7.67. The minimum absolute atomic E-state index is 0.339. The zero-order valence-electron chi connectivity index (χ0n) is 12.5. The number of hydrogen-bond acceptors (Lipinski definition) is 4. The van der Waals surface area contributed by atoms with E-state index in [1.54, 1.807) is 0 Å². The van der Waals surface area contributed by atoms with Crippen molar-refractivity contribution in [3.05, 3.63) is 24.3 Å². The van der Waals surface area contributed by atoms with Crippen molar-refractivity contribution >= 4 is 11.4 Å². The third kappa shape index (κ3) is 2.38. The Bertz CT molecular complexity index is 454. The second kappa shape index (κ2) is 5.62. The van der Waals surface area contributed by atoms with E-state index in [1.165, 1.54) is 37.3 Å². The van der Waals surface area contributed by atoms with Crippen LogP contribution in [-0.2, 0) is 0 Å². The van der Waals surface area contributed by atoms with E-state index in [0.29, 0.717) is 12.1 Å². The lowest BCUT2D eigenvalue weighted by molar-refractivity contribution is 0.163.